The highest BCUT2D eigenvalue weighted by Crippen LogP contribution is 2.27. The first-order valence-electron chi connectivity index (χ1n) is 7.39. The Balaban J connectivity index is 2.70. The van der Waals surface area contributed by atoms with Crippen LogP contribution >= 0.6 is 11.6 Å². The molecular weight excluding hydrogens is 336 g/mol. The maximum atomic E-state index is 13.1. The van der Waals surface area contributed by atoms with Gasteiger partial charge in [-0.3, -0.25) is 10.1 Å². The van der Waals surface area contributed by atoms with Crippen LogP contribution in [0.15, 0.2) is 29.2 Å². The van der Waals surface area contributed by atoms with Crippen molar-refractivity contribution in [1.82, 2.24) is 5.32 Å². The van der Waals surface area contributed by atoms with Crippen molar-refractivity contribution >= 4 is 33.2 Å². The summed E-state index contributed by atoms with van der Waals surface area (Å²) in [5.41, 5.74) is 0.226. The van der Waals surface area contributed by atoms with Gasteiger partial charge in [-0.2, -0.15) is 8.42 Å². The molecule has 1 aromatic rings. The van der Waals surface area contributed by atoms with E-state index in [1.807, 2.05) is 6.92 Å². The largest absolute Gasteiger partial charge is 0.331 e. The first-order valence-corrected chi connectivity index (χ1v) is 9.27. The summed E-state index contributed by atoms with van der Waals surface area (Å²) in [5, 5.41) is 2.54. The molecule has 1 aliphatic rings. The van der Waals surface area contributed by atoms with Crippen molar-refractivity contribution in [3.8, 4) is 0 Å². The average Bonchev–Trinajstić information content (AvgIpc) is 2.72. The van der Waals surface area contributed by atoms with E-state index in [0.717, 1.165) is 9.54 Å². The Bertz CT molecular complexity index is 765. The molecule has 1 heterocycles. The topological polar surface area (TPSA) is 66.2 Å². The Morgan fingerprint density at radius 1 is 1.30 bits per heavy atom. The second kappa shape index (κ2) is 5.91. The third kappa shape index (κ3) is 3.15. The summed E-state index contributed by atoms with van der Waals surface area (Å²) >= 11 is 6.18. The molecule has 0 spiro atoms. The number of carbonyl (C=O) groups excluding carboxylic acids is 1. The van der Waals surface area contributed by atoms with Crippen LogP contribution in [-0.2, 0) is 14.8 Å². The molecule has 2 atom stereocenters. The zero-order valence-electron chi connectivity index (χ0n) is 13.9. The third-order valence-electron chi connectivity index (χ3n) is 3.95. The second-order valence-electron chi connectivity index (χ2n) is 6.48. The summed E-state index contributed by atoms with van der Waals surface area (Å²) in [6.07, 6.45) is 0. The lowest BCUT2D eigenvalue weighted by atomic mass is 9.94. The number of halogens is 1. The van der Waals surface area contributed by atoms with Gasteiger partial charge >= 0.3 is 10.0 Å². The molecule has 1 aromatic carbocycles. The molecule has 1 N–H and O–H groups in total. The Hall–Kier alpha value is -1.40. The highest BCUT2D eigenvalue weighted by Gasteiger charge is 2.55. The standard InChI is InChI=1S/C16H21ClN2O3S/c1-10-6-8-13(9-7-10)23(21,22)19-14(12(3)20)16(4,5)18-15(19)11(2)17/h6-9,11,14H,1-5H3/p+1/t11-,14-/m1/s1. The monoisotopic (exact) mass is 357 g/mol. The molecular formula is C16H22ClN2O3S+. The van der Waals surface area contributed by atoms with Crippen LogP contribution in [0.1, 0.15) is 33.3 Å². The van der Waals surface area contributed by atoms with Crippen LogP contribution in [-0.4, -0.2) is 41.0 Å². The zero-order valence-corrected chi connectivity index (χ0v) is 15.5. The number of carbonyl (C=O) groups is 1. The number of rotatable bonds is 4. The molecule has 0 fully saturated rings. The number of hydrogen-bond donors (Lipinski definition) is 1. The van der Waals surface area contributed by atoms with Crippen molar-refractivity contribution in [3.05, 3.63) is 29.8 Å². The van der Waals surface area contributed by atoms with E-state index in [-0.39, 0.29) is 10.7 Å². The normalized spacial score (nSPS) is 21.9. The van der Waals surface area contributed by atoms with Crippen LogP contribution in [0.2, 0.25) is 0 Å². The van der Waals surface area contributed by atoms with E-state index < -0.39 is 27.0 Å². The number of sulfonamides is 1. The maximum absolute atomic E-state index is 13.1. The minimum Gasteiger partial charge on any atom is -0.295 e. The van der Waals surface area contributed by atoms with Gasteiger partial charge < -0.3 is 0 Å². The summed E-state index contributed by atoms with van der Waals surface area (Å²) in [6, 6.07) is 5.71. The number of ketones is 1. The number of nitrogens with zero attached hydrogens (tertiary/aromatic N) is 1. The molecule has 0 radical (unpaired) electrons. The highest BCUT2D eigenvalue weighted by atomic mass is 35.5. The van der Waals surface area contributed by atoms with Crippen LogP contribution in [0.25, 0.3) is 0 Å². The van der Waals surface area contributed by atoms with Crippen LogP contribution in [0, 0.1) is 6.92 Å². The number of hydrogen-bond acceptors (Lipinski definition) is 4. The second-order valence-corrected chi connectivity index (χ2v) is 8.94. The quantitative estimate of drug-likeness (QED) is 0.661. The summed E-state index contributed by atoms with van der Waals surface area (Å²) < 4.78 is 27.4. The molecule has 0 saturated heterocycles. The highest BCUT2D eigenvalue weighted by molar-refractivity contribution is 7.85. The SMILES string of the molecule is CC(=O)[C@H]1[N+](S(=O)(=O)c2ccc(C)cc2)=C([C@@H](C)Cl)NC1(C)C. The van der Waals surface area contributed by atoms with Gasteiger partial charge in [0.25, 0.3) is 5.84 Å². The van der Waals surface area contributed by atoms with Crippen LogP contribution in [0.3, 0.4) is 0 Å². The maximum Gasteiger partial charge on any atom is 0.331 e. The van der Waals surface area contributed by atoms with Gasteiger partial charge in [-0.05, 0) is 46.8 Å². The molecule has 0 aliphatic carbocycles. The summed E-state index contributed by atoms with van der Waals surface area (Å²) in [6.45, 7) is 8.55. The first-order chi connectivity index (χ1) is 10.5. The van der Waals surface area contributed by atoms with Crippen molar-refractivity contribution in [2.45, 2.75) is 56.5 Å². The van der Waals surface area contributed by atoms with Gasteiger partial charge in [0, 0.05) is 0 Å². The van der Waals surface area contributed by atoms with Crippen LogP contribution in [0.5, 0.6) is 0 Å². The lowest BCUT2D eigenvalue weighted by Gasteiger charge is -2.21. The Morgan fingerprint density at radius 3 is 2.26 bits per heavy atom. The summed E-state index contributed by atoms with van der Waals surface area (Å²) in [5.74, 6) is 0.0999. The molecule has 0 aromatic heterocycles. The molecule has 0 unspecified atom stereocenters. The molecule has 126 valence electrons. The lowest BCUT2D eigenvalue weighted by molar-refractivity contribution is -0.399. The van der Waals surface area contributed by atoms with Crippen molar-refractivity contribution in [2.24, 2.45) is 0 Å². The fourth-order valence-electron chi connectivity index (χ4n) is 2.93. The fraction of sp³-hybridized carbons (Fsp3) is 0.500. The van der Waals surface area contributed by atoms with Gasteiger partial charge in [0.05, 0.1) is 0 Å². The average molecular weight is 358 g/mol. The molecule has 5 nitrogen and oxygen atoms in total. The minimum absolute atomic E-state index is 0.142. The zero-order chi connectivity index (χ0) is 17.6. The van der Waals surface area contributed by atoms with E-state index in [4.69, 9.17) is 11.6 Å². The predicted octanol–water partition coefficient (Wildman–Crippen LogP) is 2.06. The van der Waals surface area contributed by atoms with Crippen molar-refractivity contribution in [3.63, 3.8) is 0 Å². The molecule has 7 heteroatoms. The van der Waals surface area contributed by atoms with Crippen LogP contribution in [0.4, 0.5) is 0 Å². The number of aryl methyl sites for hydroxylation is 1. The van der Waals surface area contributed by atoms with E-state index in [9.17, 15) is 13.2 Å². The van der Waals surface area contributed by atoms with Crippen molar-refractivity contribution < 1.29 is 17.2 Å². The van der Waals surface area contributed by atoms with E-state index >= 15 is 0 Å². The number of benzene rings is 1. The van der Waals surface area contributed by atoms with Gasteiger partial charge in [-0.1, -0.05) is 17.7 Å². The van der Waals surface area contributed by atoms with Crippen LogP contribution < -0.4 is 5.32 Å². The van der Waals surface area contributed by atoms with Gasteiger partial charge in [-0.15, -0.1) is 15.6 Å². The molecule has 23 heavy (non-hydrogen) atoms. The van der Waals surface area contributed by atoms with Gasteiger partial charge in [-0.25, -0.2) is 0 Å². The van der Waals surface area contributed by atoms with E-state index in [2.05, 4.69) is 5.32 Å². The van der Waals surface area contributed by atoms with Gasteiger partial charge in [0.2, 0.25) is 6.04 Å². The number of alkyl halides is 1. The van der Waals surface area contributed by atoms with Crippen molar-refractivity contribution in [1.29, 1.82) is 0 Å². The Morgan fingerprint density at radius 2 is 1.83 bits per heavy atom. The van der Waals surface area contributed by atoms with Gasteiger partial charge in [0.1, 0.15) is 15.8 Å². The lowest BCUT2D eigenvalue weighted by Crippen LogP contribution is -2.50. The molecule has 1 aliphatic heterocycles. The Kier molecular flexibility index (Phi) is 4.61. The number of Topliss-reactive ketones (excluding diaryl/α,β-unsaturated/α-hetero) is 1. The third-order valence-corrected chi connectivity index (χ3v) is 5.95. The van der Waals surface area contributed by atoms with E-state index in [1.165, 1.54) is 6.92 Å². The van der Waals surface area contributed by atoms with E-state index in [1.54, 1.807) is 45.0 Å². The van der Waals surface area contributed by atoms with Crippen molar-refractivity contribution in [2.75, 3.05) is 0 Å². The summed E-state index contributed by atoms with van der Waals surface area (Å²) in [4.78, 5) is 12.3. The predicted molar refractivity (Wildman–Crippen MR) is 90.6 cm³/mol. The summed E-state index contributed by atoms with van der Waals surface area (Å²) in [7, 11) is -3.89. The number of amidine groups is 1. The van der Waals surface area contributed by atoms with E-state index in [0.29, 0.717) is 5.84 Å². The molecule has 2 rings (SSSR count). The molecule has 0 amide bonds. The first kappa shape index (κ1) is 17.9. The van der Waals surface area contributed by atoms with Gasteiger partial charge in [0.15, 0.2) is 5.78 Å². The molecule has 0 saturated carbocycles. The Labute approximate surface area is 142 Å². The minimum atomic E-state index is -3.89. The smallest absolute Gasteiger partial charge is 0.295 e. The number of nitrogens with one attached hydrogen (secondary N) is 1. The fourth-order valence-corrected chi connectivity index (χ4v) is 5.00. The molecule has 0 bridgehead atoms.